The summed E-state index contributed by atoms with van der Waals surface area (Å²) in [6, 6.07) is 16.1. The second-order valence-electron chi connectivity index (χ2n) is 5.50. The molecule has 0 spiro atoms. The summed E-state index contributed by atoms with van der Waals surface area (Å²) in [7, 11) is 0. The van der Waals surface area contributed by atoms with Gasteiger partial charge in [-0.2, -0.15) is 5.26 Å². The van der Waals surface area contributed by atoms with Gasteiger partial charge in [0.1, 0.15) is 11.9 Å². The monoisotopic (exact) mass is 293 g/mol. The highest BCUT2D eigenvalue weighted by atomic mass is 16.5. The zero-order chi connectivity index (χ0) is 15.2. The number of nitriles is 1. The van der Waals surface area contributed by atoms with Crippen LogP contribution in [0.25, 0.3) is 0 Å². The number of ether oxygens (including phenoxy) is 1. The van der Waals surface area contributed by atoms with E-state index in [9.17, 15) is 0 Å². The zero-order valence-corrected chi connectivity index (χ0v) is 12.5. The summed E-state index contributed by atoms with van der Waals surface area (Å²) in [6.45, 7) is 2.57. The van der Waals surface area contributed by atoms with E-state index in [2.05, 4.69) is 28.1 Å². The Morgan fingerprint density at radius 1 is 1.14 bits per heavy atom. The molecule has 22 heavy (non-hydrogen) atoms. The fourth-order valence-corrected chi connectivity index (χ4v) is 2.68. The van der Waals surface area contributed by atoms with E-state index in [1.165, 1.54) is 5.56 Å². The van der Waals surface area contributed by atoms with Gasteiger partial charge in [0, 0.05) is 19.3 Å². The predicted molar refractivity (Wildman–Crippen MR) is 85.4 cm³/mol. The second-order valence-corrected chi connectivity index (χ2v) is 5.50. The van der Waals surface area contributed by atoms with Gasteiger partial charge in [-0.3, -0.25) is 0 Å². The molecule has 2 aromatic rings. The first-order valence-corrected chi connectivity index (χ1v) is 7.62. The summed E-state index contributed by atoms with van der Waals surface area (Å²) in [4.78, 5) is 6.61. The lowest BCUT2D eigenvalue weighted by Crippen LogP contribution is -2.37. The lowest BCUT2D eigenvalue weighted by Gasteiger charge is -2.32. The van der Waals surface area contributed by atoms with E-state index in [0.29, 0.717) is 18.3 Å². The number of hydrogen-bond donors (Lipinski definition) is 0. The molecule has 4 nitrogen and oxygen atoms in total. The minimum absolute atomic E-state index is 0.315. The lowest BCUT2D eigenvalue weighted by molar-refractivity contribution is 0.0250. The molecule has 1 saturated heterocycles. The normalized spacial score (nSPS) is 15.5. The van der Waals surface area contributed by atoms with E-state index in [-0.39, 0.29) is 0 Å². The highest BCUT2D eigenvalue weighted by Gasteiger charge is 2.20. The summed E-state index contributed by atoms with van der Waals surface area (Å²) in [5, 5.41) is 8.81. The number of anilines is 1. The first-order chi connectivity index (χ1) is 10.8. The molecule has 0 atom stereocenters. The minimum atomic E-state index is 0.315. The number of rotatable bonds is 4. The Bertz CT molecular complexity index is 626. The Kier molecular flexibility index (Phi) is 4.67. The Labute approximate surface area is 131 Å². The molecule has 0 unspecified atom stereocenters. The Hall–Kier alpha value is -2.38. The van der Waals surface area contributed by atoms with Crippen molar-refractivity contribution in [2.75, 3.05) is 18.0 Å². The molecule has 0 saturated carbocycles. The molecule has 0 bridgehead atoms. The Morgan fingerprint density at radius 3 is 2.55 bits per heavy atom. The molecule has 1 aromatic heterocycles. The van der Waals surface area contributed by atoms with Crippen LogP contribution in [0.1, 0.15) is 24.0 Å². The van der Waals surface area contributed by atoms with E-state index in [4.69, 9.17) is 10.00 Å². The molecule has 0 radical (unpaired) electrons. The van der Waals surface area contributed by atoms with Crippen molar-refractivity contribution in [2.24, 2.45) is 0 Å². The number of aromatic nitrogens is 1. The van der Waals surface area contributed by atoms with Gasteiger partial charge in [-0.15, -0.1) is 0 Å². The highest BCUT2D eigenvalue weighted by Crippen LogP contribution is 2.20. The van der Waals surface area contributed by atoms with Crippen LogP contribution in [-0.4, -0.2) is 24.2 Å². The molecule has 1 fully saturated rings. The number of piperidine rings is 1. The molecule has 112 valence electrons. The molecule has 0 N–H and O–H groups in total. The van der Waals surface area contributed by atoms with Crippen LogP contribution >= 0.6 is 0 Å². The van der Waals surface area contributed by atoms with Crippen molar-refractivity contribution < 1.29 is 4.74 Å². The number of hydrogen-bond acceptors (Lipinski definition) is 4. The average molecular weight is 293 g/mol. The van der Waals surface area contributed by atoms with Crippen LogP contribution in [0, 0.1) is 11.3 Å². The van der Waals surface area contributed by atoms with Crippen LogP contribution in [0.5, 0.6) is 0 Å². The topological polar surface area (TPSA) is 49.2 Å². The van der Waals surface area contributed by atoms with Crippen molar-refractivity contribution >= 4 is 5.82 Å². The fraction of sp³-hybridized carbons (Fsp3) is 0.333. The van der Waals surface area contributed by atoms with Crippen molar-refractivity contribution in [3.63, 3.8) is 0 Å². The third-order valence-electron chi connectivity index (χ3n) is 3.97. The summed E-state index contributed by atoms with van der Waals surface area (Å²) in [5.41, 5.74) is 1.82. The number of benzene rings is 1. The number of nitrogens with zero attached hydrogens (tertiary/aromatic N) is 3. The molecule has 0 aliphatic carbocycles. The largest absolute Gasteiger partial charge is 0.373 e. The summed E-state index contributed by atoms with van der Waals surface area (Å²) in [6.07, 6.45) is 3.96. The first kappa shape index (κ1) is 14.6. The Balaban J connectivity index is 1.48. The second kappa shape index (κ2) is 7.06. The third kappa shape index (κ3) is 3.63. The maximum atomic E-state index is 8.81. The van der Waals surface area contributed by atoms with Crippen LogP contribution in [0.4, 0.5) is 5.82 Å². The molecule has 2 heterocycles. The van der Waals surface area contributed by atoms with Gasteiger partial charge in [-0.1, -0.05) is 30.3 Å². The van der Waals surface area contributed by atoms with Crippen molar-refractivity contribution in [2.45, 2.75) is 25.6 Å². The van der Waals surface area contributed by atoms with Gasteiger partial charge in [-0.05, 0) is 30.5 Å². The van der Waals surface area contributed by atoms with Crippen LogP contribution in [-0.2, 0) is 11.3 Å². The van der Waals surface area contributed by atoms with E-state index in [0.717, 1.165) is 31.7 Å². The molecule has 4 heteroatoms. The average Bonchev–Trinajstić information content (AvgIpc) is 2.61. The lowest BCUT2D eigenvalue weighted by atomic mass is 10.1. The third-order valence-corrected chi connectivity index (χ3v) is 3.97. The van der Waals surface area contributed by atoms with Crippen LogP contribution < -0.4 is 4.90 Å². The fourth-order valence-electron chi connectivity index (χ4n) is 2.68. The quantitative estimate of drug-likeness (QED) is 0.869. The van der Waals surface area contributed by atoms with Gasteiger partial charge in [0.25, 0.3) is 0 Å². The van der Waals surface area contributed by atoms with Gasteiger partial charge < -0.3 is 9.64 Å². The summed E-state index contributed by atoms with van der Waals surface area (Å²) >= 11 is 0. The summed E-state index contributed by atoms with van der Waals surface area (Å²) in [5.74, 6) is 0.945. The SMILES string of the molecule is N#Cc1ccc(N2CCC(OCc3ccccc3)CC2)nc1. The van der Waals surface area contributed by atoms with Gasteiger partial charge in [0.15, 0.2) is 0 Å². The predicted octanol–water partition coefficient (Wildman–Crippen LogP) is 3.14. The van der Waals surface area contributed by atoms with E-state index >= 15 is 0 Å². The maximum absolute atomic E-state index is 8.81. The highest BCUT2D eigenvalue weighted by molar-refractivity contribution is 5.42. The van der Waals surface area contributed by atoms with Gasteiger partial charge >= 0.3 is 0 Å². The van der Waals surface area contributed by atoms with Crippen molar-refractivity contribution in [3.8, 4) is 6.07 Å². The standard InChI is InChI=1S/C18H19N3O/c19-12-16-6-7-18(20-13-16)21-10-8-17(9-11-21)22-14-15-4-2-1-3-5-15/h1-7,13,17H,8-11,14H2. The van der Waals surface area contributed by atoms with E-state index in [1.54, 1.807) is 6.20 Å². The van der Waals surface area contributed by atoms with Crippen LogP contribution in [0.3, 0.4) is 0 Å². The van der Waals surface area contributed by atoms with Crippen molar-refractivity contribution in [3.05, 3.63) is 59.8 Å². The van der Waals surface area contributed by atoms with Gasteiger partial charge in [-0.25, -0.2) is 4.98 Å². The molecule has 1 aromatic carbocycles. The van der Waals surface area contributed by atoms with Crippen LogP contribution in [0.15, 0.2) is 48.7 Å². The Morgan fingerprint density at radius 2 is 1.91 bits per heavy atom. The van der Waals surface area contributed by atoms with Crippen LogP contribution in [0.2, 0.25) is 0 Å². The maximum Gasteiger partial charge on any atom is 0.128 e. The smallest absolute Gasteiger partial charge is 0.128 e. The molecule has 1 aliphatic heterocycles. The van der Waals surface area contributed by atoms with E-state index in [1.807, 2.05) is 30.3 Å². The van der Waals surface area contributed by atoms with Crippen molar-refractivity contribution in [1.82, 2.24) is 4.98 Å². The minimum Gasteiger partial charge on any atom is -0.373 e. The molecule has 0 amide bonds. The molecular formula is C18H19N3O. The molecular weight excluding hydrogens is 274 g/mol. The zero-order valence-electron chi connectivity index (χ0n) is 12.5. The van der Waals surface area contributed by atoms with Gasteiger partial charge in [0.2, 0.25) is 0 Å². The number of pyridine rings is 1. The van der Waals surface area contributed by atoms with E-state index < -0.39 is 0 Å². The summed E-state index contributed by atoms with van der Waals surface area (Å²) < 4.78 is 6.00. The first-order valence-electron chi connectivity index (χ1n) is 7.62. The molecule has 1 aliphatic rings. The van der Waals surface area contributed by atoms with Crippen molar-refractivity contribution in [1.29, 1.82) is 5.26 Å². The van der Waals surface area contributed by atoms with Gasteiger partial charge in [0.05, 0.1) is 18.3 Å². The molecule has 3 rings (SSSR count).